The van der Waals surface area contributed by atoms with Gasteiger partial charge in [-0.2, -0.15) is 0 Å². The number of nitrogens with zero attached hydrogens (tertiary/aromatic N) is 3. The number of anilines is 3. The molecule has 0 unspecified atom stereocenters. The first kappa shape index (κ1) is 27.8. The number of pyridine rings is 2. The van der Waals surface area contributed by atoms with E-state index in [0.29, 0.717) is 0 Å². The van der Waals surface area contributed by atoms with E-state index in [9.17, 15) is 5.11 Å². The minimum absolute atomic E-state index is 0.0885. The van der Waals surface area contributed by atoms with E-state index in [-0.39, 0.29) is 11.2 Å². The van der Waals surface area contributed by atoms with Crippen molar-refractivity contribution >= 4 is 28.1 Å². The van der Waals surface area contributed by atoms with Crippen molar-refractivity contribution in [3.8, 4) is 28.1 Å². The summed E-state index contributed by atoms with van der Waals surface area (Å²) in [6.07, 6.45) is 6.67. The van der Waals surface area contributed by atoms with Crippen molar-refractivity contribution in [3.63, 3.8) is 0 Å². The van der Waals surface area contributed by atoms with Crippen molar-refractivity contribution < 1.29 is 5.11 Å². The number of phenolic OH excluding ortho intramolecular Hbond substituents is 1. The van der Waals surface area contributed by atoms with Crippen LogP contribution in [0.1, 0.15) is 50.3 Å². The number of benzene rings is 4. The third-order valence-corrected chi connectivity index (χ3v) is 8.72. The average molecular weight is 576 g/mol. The third kappa shape index (κ3) is 5.33. The molecule has 0 amide bonds. The Morgan fingerprint density at radius 1 is 0.682 bits per heavy atom. The second kappa shape index (κ2) is 11.3. The summed E-state index contributed by atoms with van der Waals surface area (Å²) in [5.41, 5.74) is 8.54. The van der Waals surface area contributed by atoms with Gasteiger partial charge in [0.2, 0.25) is 0 Å². The second-order valence-corrected chi connectivity index (χ2v) is 12.8. The van der Waals surface area contributed by atoms with Crippen LogP contribution in [0.5, 0.6) is 5.75 Å². The molecule has 7 rings (SSSR count). The zero-order chi connectivity index (χ0) is 30.3. The van der Waals surface area contributed by atoms with E-state index in [2.05, 4.69) is 117 Å². The fraction of sp³-hybridized carbons (Fsp3) is 0.200. The summed E-state index contributed by atoms with van der Waals surface area (Å²) in [6, 6.07) is 37.5. The van der Waals surface area contributed by atoms with E-state index < -0.39 is 0 Å². The van der Waals surface area contributed by atoms with E-state index >= 15 is 0 Å². The first-order chi connectivity index (χ1) is 21.3. The van der Waals surface area contributed by atoms with Crippen molar-refractivity contribution in [3.05, 3.63) is 132 Å². The van der Waals surface area contributed by atoms with Crippen LogP contribution >= 0.6 is 0 Å². The van der Waals surface area contributed by atoms with E-state index in [4.69, 9.17) is 9.97 Å². The molecule has 0 spiro atoms. The van der Waals surface area contributed by atoms with E-state index in [1.54, 1.807) is 6.07 Å². The van der Waals surface area contributed by atoms with Gasteiger partial charge in [0, 0.05) is 22.7 Å². The van der Waals surface area contributed by atoms with E-state index in [1.165, 1.54) is 34.9 Å². The van der Waals surface area contributed by atoms with Gasteiger partial charge >= 0.3 is 0 Å². The SMILES string of the molecule is CC(C)(C)c1cc(-c2cccc(N(c3cc4c(cn3)CCCC4)c3cccc4ccccc34)n2)cc(-c2ccccc2O)c1. The lowest BCUT2D eigenvalue weighted by atomic mass is 9.83. The van der Waals surface area contributed by atoms with Gasteiger partial charge < -0.3 is 5.11 Å². The highest BCUT2D eigenvalue weighted by Gasteiger charge is 2.22. The Kier molecular flexibility index (Phi) is 7.14. The Hall–Kier alpha value is -4.96. The first-order valence-corrected chi connectivity index (χ1v) is 15.5. The molecule has 44 heavy (non-hydrogen) atoms. The number of hydrogen-bond donors (Lipinski definition) is 1. The molecule has 1 aliphatic rings. The summed E-state index contributed by atoms with van der Waals surface area (Å²) >= 11 is 0. The molecule has 1 N–H and O–H groups in total. The summed E-state index contributed by atoms with van der Waals surface area (Å²) in [5, 5.41) is 13.1. The molecule has 0 saturated heterocycles. The molecule has 0 radical (unpaired) electrons. The Bertz CT molecular complexity index is 1980. The number of aromatic hydroxyl groups is 1. The lowest BCUT2D eigenvalue weighted by molar-refractivity contribution is 0.477. The van der Waals surface area contributed by atoms with Crippen LogP contribution in [0, 0.1) is 0 Å². The largest absolute Gasteiger partial charge is 0.507 e. The van der Waals surface area contributed by atoms with Crippen LogP contribution in [0.25, 0.3) is 33.2 Å². The molecule has 0 bridgehead atoms. The van der Waals surface area contributed by atoms with Gasteiger partial charge in [0.25, 0.3) is 0 Å². The molecule has 4 nitrogen and oxygen atoms in total. The Labute approximate surface area is 259 Å². The minimum Gasteiger partial charge on any atom is -0.507 e. The maximum absolute atomic E-state index is 10.7. The van der Waals surface area contributed by atoms with Gasteiger partial charge in [-0.1, -0.05) is 87.5 Å². The maximum atomic E-state index is 10.7. The highest BCUT2D eigenvalue weighted by molar-refractivity contribution is 5.98. The van der Waals surface area contributed by atoms with Crippen LogP contribution in [0.4, 0.5) is 17.3 Å². The zero-order valence-corrected chi connectivity index (χ0v) is 25.6. The minimum atomic E-state index is -0.0885. The molecular weight excluding hydrogens is 538 g/mol. The van der Waals surface area contributed by atoms with E-state index in [0.717, 1.165) is 57.9 Å². The summed E-state index contributed by atoms with van der Waals surface area (Å²) in [6.45, 7) is 6.65. The maximum Gasteiger partial charge on any atom is 0.139 e. The number of phenols is 1. The molecule has 0 fully saturated rings. The van der Waals surface area contributed by atoms with Gasteiger partial charge in [0.1, 0.15) is 17.4 Å². The standard InChI is InChI=1S/C40H37N3O/c1-40(2,3)32-23-30(34-17-8-9-20-37(34)44)22-31(24-32)35-18-11-21-38(42-35)43(36-19-10-15-27-12-6-7-16-33(27)36)39-25-28-13-4-5-14-29(28)26-41-39/h6-12,15-26,44H,4-5,13-14H2,1-3H3. The monoisotopic (exact) mass is 575 g/mol. The van der Waals surface area contributed by atoms with Crippen LogP contribution in [-0.4, -0.2) is 15.1 Å². The Morgan fingerprint density at radius 3 is 2.25 bits per heavy atom. The fourth-order valence-electron chi connectivity index (χ4n) is 6.28. The molecule has 2 heterocycles. The quantitative estimate of drug-likeness (QED) is 0.222. The topological polar surface area (TPSA) is 49.2 Å². The van der Waals surface area contributed by atoms with Gasteiger partial charge in [-0.15, -0.1) is 0 Å². The van der Waals surface area contributed by atoms with Gasteiger partial charge in [0.05, 0.1) is 11.4 Å². The highest BCUT2D eigenvalue weighted by atomic mass is 16.3. The van der Waals surface area contributed by atoms with Gasteiger partial charge in [-0.05, 0) is 101 Å². The number of hydrogen-bond acceptors (Lipinski definition) is 4. The fourth-order valence-corrected chi connectivity index (χ4v) is 6.28. The van der Waals surface area contributed by atoms with Crippen molar-refractivity contribution in [1.29, 1.82) is 0 Å². The summed E-state index contributed by atoms with van der Waals surface area (Å²) in [7, 11) is 0. The molecule has 6 aromatic rings. The molecule has 4 aromatic carbocycles. The number of para-hydroxylation sites is 1. The van der Waals surface area contributed by atoms with Crippen LogP contribution in [0.15, 0.2) is 115 Å². The predicted octanol–water partition coefficient (Wildman–Crippen LogP) is 10.3. The van der Waals surface area contributed by atoms with Crippen LogP contribution in [0.3, 0.4) is 0 Å². The van der Waals surface area contributed by atoms with Crippen LogP contribution in [-0.2, 0) is 18.3 Å². The van der Waals surface area contributed by atoms with Crippen LogP contribution < -0.4 is 4.90 Å². The lowest BCUT2D eigenvalue weighted by Gasteiger charge is -2.27. The Balaban J connectivity index is 1.42. The molecule has 218 valence electrons. The van der Waals surface area contributed by atoms with Crippen molar-refractivity contribution in [2.45, 2.75) is 51.9 Å². The van der Waals surface area contributed by atoms with Crippen molar-refractivity contribution in [2.75, 3.05) is 4.90 Å². The molecule has 0 saturated carbocycles. The molecular formula is C40H37N3O. The smallest absolute Gasteiger partial charge is 0.139 e. The molecule has 4 heteroatoms. The number of aryl methyl sites for hydroxylation is 2. The summed E-state index contributed by atoms with van der Waals surface area (Å²) < 4.78 is 0. The van der Waals surface area contributed by atoms with Crippen molar-refractivity contribution in [2.24, 2.45) is 0 Å². The van der Waals surface area contributed by atoms with Gasteiger partial charge in [0.15, 0.2) is 0 Å². The molecule has 0 aliphatic heterocycles. The van der Waals surface area contributed by atoms with Gasteiger partial charge in [-0.25, -0.2) is 9.97 Å². The predicted molar refractivity (Wildman–Crippen MR) is 182 cm³/mol. The van der Waals surface area contributed by atoms with Crippen LogP contribution in [0.2, 0.25) is 0 Å². The highest BCUT2D eigenvalue weighted by Crippen LogP contribution is 2.40. The molecule has 0 atom stereocenters. The summed E-state index contributed by atoms with van der Waals surface area (Å²) in [5.74, 6) is 1.96. The van der Waals surface area contributed by atoms with E-state index in [1.807, 2.05) is 18.2 Å². The normalized spacial score (nSPS) is 13.1. The first-order valence-electron chi connectivity index (χ1n) is 15.5. The number of rotatable bonds is 5. The Morgan fingerprint density at radius 2 is 1.41 bits per heavy atom. The van der Waals surface area contributed by atoms with Crippen molar-refractivity contribution in [1.82, 2.24) is 9.97 Å². The third-order valence-electron chi connectivity index (χ3n) is 8.72. The second-order valence-electron chi connectivity index (χ2n) is 12.8. The number of fused-ring (bicyclic) bond motifs is 2. The zero-order valence-electron chi connectivity index (χ0n) is 25.6. The lowest BCUT2D eigenvalue weighted by Crippen LogP contribution is -2.15. The summed E-state index contributed by atoms with van der Waals surface area (Å²) in [4.78, 5) is 12.5. The van der Waals surface area contributed by atoms with Gasteiger partial charge in [-0.3, -0.25) is 4.90 Å². The molecule has 1 aliphatic carbocycles. The number of aromatic nitrogens is 2. The molecule has 2 aromatic heterocycles. The average Bonchev–Trinajstić information content (AvgIpc) is 3.05.